The Hall–Kier alpha value is -3.84. The van der Waals surface area contributed by atoms with E-state index in [2.05, 4.69) is 15.3 Å². The van der Waals surface area contributed by atoms with E-state index in [1.54, 1.807) is 25.5 Å². The lowest BCUT2D eigenvalue weighted by atomic mass is 9.58. The van der Waals surface area contributed by atoms with Gasteiger partial charge in [-0.3, -0.25) is 14.6 Å². The highest BCUT2D eigenvalue weighted by Crippen LogP contribution is 2.52. The van der Waals surface area contributed by atoms with Crippen LogP contribution in [0.15, 0.2) is 89.8 Å². The fourth-order valence-corrected chi connectivity index (χ4v) is 6.42. The molecule has 0 saturated carbocycles. The summed E-state index contributed by atoms with van der Waals surface area (Å²) in [6, 6.07) is 16.8. The molecule has 0 fully saturated rings. The summed E-state index contributed by atoms with van der Waals surface area (Å²) in [5.74, 6) is -1.05. The summed E-state index contributed by atoms with van der Waals surface area (Å²) < 4.78 is 6.05. The number of allylic oxidation sites excluding steroid dienone is 2. The van der Waals surface area contributed by atoms with E-state index in [0.29, 0.717) is 5.57 Å². The molecule has 1 N–H and O–H groups in total. The van der Waals surface area contributed by atoms with Gasteiger partial charge < -0.3 is 10.1 Å². The number of carbonyl (C=O) groups is 2. The first-order valence-corrected chi connectivity index (χ1v) is 12.7. The second-order valence-electron chi connectivity index (χ2n) is 9.11. The number of ketones is 1. The molecule has 36 heavy (non-hydrogen) atoms. The SMILES string of the molecule is CC(=O)C1=C(C)NC(C)C(C(=O)OCc2ccccc2)(c2ccncc2)C1c1csc2ncccc12. The van der Waals surface area contributed by atoms with Crippen LogP contribution in [0.3, 0.4) is 0 Å². The summed E-state index contributed by atoms with van der Waals surface area (Å²) in [6.45, 7) is 5.57. The lowest BCUT2D eigenvalue weighted by Crippen LogP contribution is -2.60. The third-order valence-corrected chi connectivity index (χ3v) is 7.96. The summed E-state index contributed by atoms with van der Waals surface area (Å²) >= 11 is 1.51. The molecule has 0 bridgehead atoms. The van der Waals surface area contributed by atoms with Gasteiger partial charge in [0.25, 0.3) is 0 Å². The van der Waals surface area contributed by atoms with E-state index in [1.165, 1.54) is 11.3 Å². The van der Waals surface area contributed by atoms with Crippen molar-refractivity contribution >= 4 is 33.3 Å². The Morgan fingerprint density at radius 3 is 2.53 bits per heavy atom. The van der Waals surface area contributed by atoms with E-state index >= 15 is 0 Å². The number of nitrogens with zero attached hydrogens (tertiary/aromatic N) is 2. The Bertz CT molecular complexity index is 1450. The number of pyridine rings is 2. The van der Waals surface area contributed by atoms with Crippen LogP contribution in [0.25, 0.3) is 10.2 Å². The summed E-state index contributed by atoms with van der Waals surface area (Å²) in [5, 5.41) is 6.40. The highest BCUT2D eigenvalue weighted by atomic mass is 32.1. The second kappa shape index (κ2) is 9.66. The zero-order valence-electron chi connectivity index (χ0n) is 20.4. The number of rotatable bonds is 6. The number of hydrogen-bond acceptors (Lipinski definition) is 7. The Kier molecular flexibility index (Phi) is 6.41. The molecule has 6 nitrogen and oxygen atoms in total. The summed E-state index contributed by atoms with van der Waals surface area (Å²) in [7, 11) is 0. The molecular weight excluding hydrogens is 470 g/mol. The normalized spacial score (nSPS) is 21.8. The number of benzene rings is 1. The maximum atomic E-state index is 14.4. The molecule has 0 radical (unpaired) electrons. The zero-order chi connectivity index (χ0) is 25.3. The Balaban J connectivity index is 1.76. The third kappa shape index (κ3) is 3.89. The Morgan fingerprint density at radius 1 is 1.06 bits per heavy atom. The topological polar surface area (TPSA) is 81.2 Å². The van der Waals surface area contributed by atoms with Crippen molar-refractivity contribution in [3.05, 3.63) is 107 Å². The second-order valence-corrected chi connectivity index (χ2v) is 9.97. The minimum atomic E-state index is -1.22. The smallest absolute Gasteiger partial charge is 0.319 e. The van der Waals surface area contributed by atoms with Crippen LogP contribution in [-0.4, -0.2) is 27.8 Å². The summed E-state index contributed by atoms with van der Waals surface area (Å²) in [4.78, 5) is 37.2. The number of aromatic nitrogens is 2. The highest BCUT2D eigenvalue weighted by molar-refractivity contribution is 7.16. The van der Waals surface area contributed by atoms with Gasteiger partial charge >= 0.3 is 5.97 Å². The van der Waals surface area contributed by atoms with Gasteiger partial charge in [-0.15, -0.1) is 11.3 Å². The van der Waals surface area contributed by atoms with E-state index in [-0.39, 0.29) is 18.4 Å². The number of nitrogens with one attached hydrogen (secondary N) is 1. The standard InChI is InChI=1S/C29H27N3O3S/c1-18-25(19(2)33)26(24-17-36-27-23(24)10-7-13-31-27)29(20(3)32-18,22-11-14-30-15-12-22)28(34)35-16-21-8-5-4-6-9-21/h4-15,17,20,26,32H,16H2,1-3H3. The van der Waals surface area contributed by atoms with Crippen molar-refractivity contribution in [2.24, 2.45) is 0 Å². The van der Waals surface area contributed by atoms with Crippen molar-refractivity contribution in [1.29, 1.82) is 0 Å². The third-order valence-electron chi connectivity index (χ3n) is 7.04. The van der Waals surface area contributed by atoms with Gasteiger partial charge in [0.2, 0.25) is 0 Å². The predicted octanol–water partition coefficient (Wildman–Crippen LogP) is 5.31. The molecular formula is C29H27N3O3S. The number of carbonyl (C=O) groups excluding carboxylic acids is 2. The Morgan fingerprint density at radius 2 is 1.81 bits per heavy atom. The van der Waals surface area contributed by atoms with Crippen LogP contribution in [0.1, 0.15) is 43.4 Å². The van der Waals surface area contributed by atoms with Gasteiger partial charge in [0, 0.05) is 47.2 Å². The van der Waals surface area contributed by atoms with Crippen molar-refractivity contribution in [2.75, 3.05) is 0 Å². The minimum absolute atomic E-state index is 0.0885. The molecule has 5 rings (SSSR count). The number of ether oxygens (including phenoxy) is 1. The average Bonchev–Trinajstić information content (AvgIpc) is 3.32. The van der Waals surface area contributed by atoms with Gasteiger partial charge in [-0.05, 0) is 61.0 Å². The molecule has 3 unspecified atom stereocenters. The predicted molar refractivity (Wildman–Crippen MR) is 140 cm³/mol. The fraction of sp³-hybridized carbons (Fsp3) is 0.241. The van der Waals surface area contributed by atoms with Gasteiger partial charge in [0.1, 0.15) is 16.9 Å². The maximum Gasteiger partial charge on any atom is 0.319 e. The molecule has 182 valence electrons. The van der Waals surface area contributed by atoms with Gasteiger partial charge in [0.05, 0.1) is 0 Å². The van der Waals surface area contributed by atoms with Crippen molar-refractivity contribution in [3.63, 3.8) is 0 Å². The van der Waals surface area contributed by atoms with Crippen molar-refractivity contribution < 1.29 is 14.3 Å². The van der Waals surface area contributed by atoms with E-state index in [1.807, 2.05) is 73.8 Å². The molecule has 1 aliphatic rings. The van der Waals surface area contributed by atoms with Crippen LogP contribution >= 0.6 is 11.3 Å². The molecule has 7 heteroatoms. The molecule has 0 aliphatic carbocycles. The first kappa shape index (κ1) is 23.9. The van der Waals surface area contributed by atoms with Crippen molar-refractivity contribution in [1.82, 2.24) is 15.3 Å². The maximum absolute atomic E-state index is 14.4. The first-order valence-electron chi connectivity index (χ1n) is 11.9. The monoisotopic (exact) mass is 497 g/mol. The van der Waals surface area contributed by atoms with E-state index in [4.69, 9.17) is 4.74 Å². The molecule has 0 saturated heterocycles. The fourth-order valence-electron chi connectivity index (χ4n) is 5.49. The van der Waals surface area contributed by atoms with Crippen LogP contribution in [0, 0.1) is 0 Å². The molecule has 1 aromatic carbocycles. The average molecular weight is 498 g/mol. The molecule has 4 aromatic rings. The van der Waals surface area contributed by atoms with E-state index in [9.17, 15) is 9.59 Å². The molecule has 3 atom stereocenters. The molecule has 0 amide bonds. The molecule has 1 aliphatic heterocycles. The van der Waals surface area contributed by atoms with Crippen LogP contribution in [0.4, 0.5) is 0 Å². The summed E-state index contributed by atoms with van der Waals surface area (Å²) in [5.41, 5.74) is 2.66. The number of thiophene rings is 1. The first-order chi connectivity index (χ1) is 17.4. The highest BCUT2D eigenvalue weighted by Gasteiger charge is 2.58. The molecule has 3 aromatic heterocycles. The Labute approximate surface area is 214 Å². The van der Waals surface area contributed by atoms with E-state index in [0.717, 1.165) is 32.6 Å². The molecule has 4 heterocycles. The number of hydrogen-bond donors (Lipinski definition) is 1. The zero-order valence-corrected chi connectivity index (χ0v) is 21.2. The minimum Gasteiger partial charge on any atom is -0.460 e. The van der Waals surface area contributed by atoms with Crippen LogP contribution < -0.4 is 5.32 Å². The van der Waals surface area contributed by atoms with Gasteiger partial charge in [0.15, 0.2) is 5.78 Å². The molecule has 0 spiro atoms. The van der Waals surface area contributed by atoms with Crippen molar-refractivity contribution in [3.8, 4) is 0 Å². The van der Waals surface area contributed by atoms with Gasteiger partial charge in [-0.2, -0.15) is 0 Å². The van der Waals surface area contributed by atoms with Crippen LogP contribution in [0.2, 0.25) is 0 Å². The summed E-state index contributed by atoms with van der Waals surface area (Å²) in [6.07, 6.45) is 5.11. The number of Topliss-reactive ketones (excluding diaryl/α,β-unsaturated/α-hetero) is 1. The lowest BCUT2D eigenvalue weighted by Gasteiger charge is -2.48. The number of esters is 1. The largest absolute Gasteiger partial charge is 0.460 e. The number of fused-ring (bicyclic) bond motifs is 1. The lowest BCUT2D eigenvalue weighted by molar-refractivity contribution is -0.154. The van der Waals surface area contributed by atoms with Gasteiger partial charge in [-0.25, -0.2) is 4.98 Å². The van der Waals surface area contributed by atoms with Crippen LogP contribution in [0.5, 0.6) is 0 Å². The quantitative estimate of drug-likeness (QED) is 0.364. The van der Waals surface area contributed by atoms with Gasteiger partial charge in [-0.1, -0.05) is 36.4 Å². The van der Waals surface area contributed by atoms with Crippen molar-refractivity contribution in [2.45, 2.75) is 44.8 Å². The van der Waals surface area contributed by atoms with Crippen LogP contribution in [-0.2, 0) is 26.3 Å². The van der Waals surface area contributed by atoms with E-state index < -0.39 is 17.3 Å².